The Balaban J connectivity index is 0.000000859. The van der Waals surface area contributed by atoms with Crippen molar-refractivity contribution in [3.63, 3.8) is 0 Å². The van der Waals surface area contributed by atoms with Crippen molar-refractivity contribution in [2.75, 3.05) is 21.3 Å². The zero-order valence-electron chi connectivity index (χ0n) is 33.0. The first kappa shape index (κ1) is 55.3. The Morgan fingerprint density at radius 3 is 1.80 bits per heavy atom. The molecule has 301 valence electrons. The van der Waals surface area contributed by atoms with Gasteiger partial charge in [-0.2, -0.15) is 0 Å². The summed E-state index contributed by atoms with van der Waals surface area (Å²) in [5.41, 5.74) is 8.43. The summed E-state index contributed by atoms with van der Waals surface area (Å²) < 4.78 is 21.5. The number of nitro benzene ring substituents is 2. The van der Waals surface area contributed by atoms with Crippen LogP contribution in [0.1, 0.15) is 38.2 Å². The number of aliphatic hydroxyl groups excluding tert-OH is 1. The number of aliphatic hydroxyl groups is 1. The number of carbonyl (C=O) groups is 1. The van der Waals surface area contributed by atoms with Gasteiger partial charge in [-0.1, -0.05) is 60.7 Å². The second-order valence-corrected chi connectivity index (χ2v) is 11.2. The minimum atomic E-state index is -0.370. The Morgan fingerprint density at radius 2 is 1.23 bits per heavy atom. The molecule has 7 rings (SSSR count). The number of rotatable bonds is 6. The predicted molar refractivity (Wildman–Crippen MR) is 221 cm³/mol. The monoisotopic (exact) mass is 873 g/mol. The van der Waals surface area contributed by atoms with Gasteiger partial charge in [0.1, 0.15) is 0 Å². The third kappa shape index (κ3) is 16.4. The van der Waals surface area contributed by atoms with Crippen LogP contribution in [0.15, 0.2) is 128 Å². The summed E-state index contributed by atoms with van der Waals surface area (Å²) in [6.07, 6.45) is 18.4. The summed E-state index contributed by atoms with van der Waals surface area (Å²) in [6, 6.07) is 25.0. The van der Waals surface area contributed by atoms with E-state index < -0.39 is 0 Å². The van der Waals surface area contributed by atoms with Gasteiger partial charge in [-0.3, -0.25) is 30.3 Å². The molecule has 2 aliphatic carbocycles. The average molecular weight is 874 g/mol. The van der Waals surface area contributed by atoms with Crippen LogP contribution in [0, 0.1) is 20.2 Å². The van der Waals surface area contributed by atoms with Gasteiger partial charge in [0, 0.05) is 49.3 Å². The Hall–Kier alpha value is -4.70. The topological polar surface area (TPSA) is 214 Å². The molecule has 0 bridgehead atoms. The van der Waals surface area contributed by atoms with Gasteiger partial charge in [0.15, 0.2) is 6.29 Å². The van der Waals surface area contributed by atoms with E-state index >= 15 is 0 Å². The van der Waals surface area contributed by atoms with Crippen molar-refractivity contribution < 1.29 is 98.3 Å². The van der Waals surface area contributed by atoms with Gasteiger partial charge < -0.3 is 23.2 Å². The number of ether oxygens (including phenoxy) is 2. The summed E-state index contributed by atoms with van der Waals surface area (Å²) in [5.74, 6) is 0.892. The molecule has 19 heteroatoms. The van der Waals surface area contributed by atoms with E-state index in [0.717, 1.165) is 51.6 Å². The molecule has 3 radical (unpaired) electrons. The molecule has 60 heavy (non-hydrogen) atoms. The summed E-state index contributed by atoms with van der Waals surface area (Å²) in [5, 5.41) is 35.9. The molecule has 0 aliphatic heterocycles. The van der Waals surface area contributed by atoms with Gasteiger partial charge in [-0.05, 0) is 87.8 Å². The van der Waals surface area contributed by atoms with Crippen molar-refractivity contribution >= 4 is 68.2 Å². The number of benzene rings is 3. The zero-order valence-corrected chi connectivity index (χ0v) is 38.4. The minimum absolute atomic E-state index is 0. The Kier molecular flexibility index (Phi) is 28.8. The quantitative estimate of drug-likeness (QED) is 0.0798. The molecule has 15 nitrogen and oxygen atoms in total. The molecular weight excluding hydrogens is 837 g/mol. The SMILES string of the molecule is CO.COc1ncccc1C=C1c2ccccc2-c2ccc([N+](=O)[O-])cc21.COc1ncccc1C=O.O=[N+]([O-])c1ccc2c(c1)C/C=C/C=C\C=C\2.O[O][Al].[F-].[K+].[O]=[Al]. The summed E-state index contributed by atoms with van der Waals surface area (Å²) in [4.78, 5) is 39.4. The second kappa shape index (κ2) is 31.2. The molecule has 0 saturated heterocycles. The van der Waals surface area contributed by atoms with Crippen molar-refractivity contribution in [1.82, 2.24) is 9.97 Å². The van der Waals surface area contributed by atoms with Gasteiger partial charge in [-0.15, -0.1) is 0 Å². The fourth-order valence-electron chi connectivity index (χ4n) is 5.47. The maximum atomic E-state index is 11.2. The fourth-order valence-corrected chi connectivity index (χ4v) is 5.47. The molecule has 0 atom stereocenters. The van der Waals surface area contributed by atoms with E-state index in [0.29, 0.717) is 30.0 Å². The number of halogens is 1. The molecule has 0 unspecified atom stereocenters. The number of pyridine rings is 2. The Morgan fingerprint density at radius 1 is 0.717 bits per heavy atom. The first-order valence-electron chi connectivity index (χ1n) is 16.8. The van der Waals surface area contributed by atoms with Crippen molar-refractivity contribution in [2.45, 2.75) is 6.42 Å². The molecule has 2 N–H and O–H groups in total. The number of allylic oxidation sites excluding steroid dienone is 5. The van der Waals surface area contributed by atoms with Gasteiger partial charge >= 0.3 is 88.0 Å². The molecular formula is C41H37Al2FKN4O11. The molecule has 0 fully saturated rings. The van der Waals surface area contributed by atoms with Crippen LogP contribution in [0.2, 0.25) is 0 Å². The maximum absolute atomic E-state index is 11.2. The van der Waals surface area contributed by atoms with Crippen molar-refractivity contribution in [3.05, 3.63) is 181 Å². The van der Waals surface area contributed by atoms with E-state index in [1.807, 2.05) is 85.0 Å². The Bertz CT molecular complexity index is 2280. The number of aldehydes is 1. The fraction of sp³-hybridized carbons (Fsp3) is 0.0976. The number of carbonyl (C=O) groups excluding carboxylic acids is 1. The molecule has 5 aromatic rings. The van der Waals surface area contributed by atoms with Crippen molar-refractivity contribution in [3.8, 4) is 22.9 Å². The van der Waals surface area contributed by atoms with Crippen LogP contribution in [-0.2, 0) is 14.2 Å². The van der Waals surface area contributed by atoms with Crippen LogP contribution >= 0.6 is 0 Å². The van der Waals surface area contributed by atoms with Gasteiger partial charge in [0.25, 0.3) is 11.4 Å². The van der Waals surface area contributed by atoms with Crippen molar-refractivity contribution in [1.29, 1.82) is 0 Å². The zero-order chi connectivity index (χ0) is 42.9. The second-order valence-electron chi connectivity index (χ2n) is 11.0. The summed E-state index contributed by atoms with van der Waals surface area (Å²) in [6.45, 7) is 0. The van der Waals surface area contributed by atoms with Crippen LogP contribution in [0.3, 0.4) is 0 Å². The number of non-ortho nitro benzene ring substituents is 2. The van der Waals surface area contributed by atoms with Gasteiger partial charge in [0.05, 0.1) is 29.6 Å². The van der Waals surface area contributed by atoms with Gasteiger partial charge in [0.2, 0.25) is 11.8 Å². The van der Waals surface area contributed by atoms with E-state index in [4.69, 9.17) is 23.6 Å². The molecule has 0 spiro atoms. The number of nitrogens with zero attached hydrogens (tertiary/aromatic N) is 4. The van der Waals surface area contributed by atoms with Crippen LogP contribution in [0.25, 0.3) is 28.9 Å². The first-order chi connectivity index (χ1) is 28.3. The predicted octanol–water partition coefficient (Wildman–Crippen LogP) is 1.42. The number of methoxy groups -OCH3 is 2. The third-order valence-electron chi connectivity index (χ3n) is 7.85. The normalized spacial score (nSPS) is 12.8. The molecule has 0 saturated carbocycles. The molecule has 2 aliphatic rings. The number of hydrogen-bond acceptors (Lipinski definition) is 13. The summed E-state index contributed by atoms with van der Waals surface area (Å²) >= 11 is 2.80. The number of hydrogen-bond donors (Lipinski definition) is 2. The Labute approximate surface area is 404 Å². The van der Waals surface area contributed by atoms with Crippen LogP contribution < -0.4 is 65.6 Å². The van der Waals surface area contributed by atoms with Crippen LogP contribution in [0.5, 0.6) is 11.8 Å². The van der Waals surface area contributed by atoms with E-state index in [9.17, 15) is 25.0 Å². The third-order valence-corrected chi connectivity index (χ3v) is 7.85. The number of fused-ring (bicyclic) bond motifs is 4. The standard InChI is InChI=1S/C20H14N2O3.C13H11NO2.C7H7NO2.CH4O.2Al.FH.K.H2O2.O/c1-25-20-13(5-4-10-21-20)11-18-16-7-3-2-6-15(16)17-9-8-14(22(23)24)12-19(17)18;15-14(16)13-9-8-11-6-4-2-1-3-5-7-12(11)10-13;1-10-7-6(5-9)3-2-4-8-7;1-2;;;;;1-2;/h2-12H,1H3;1-6,8-10H,7H2;2-5H,1H3;2H,1H3;;;1H;;1-2H;/q;;;;;+1;;+1;;/p-2/b;2-1-,5-3+,6-4+;;;;;;;;. The molecule has 2 aromatic heterocycles. The van der Waals surface area contributed by atoms with E-state index in [-0.39, 0.29) is 77.3 Å². The van der Waals surface area contributed by atoms with Crippen LogP contribution in [0.4, 0.5) is 11.4 Å². The molecule has 0 amide bonds. The van der Waals surface area contributed by atoms with E-state index in [1.165, 1.54) is 29.4 Å². The number of nitro groups is 2. The van der Waals surface area contributed by atoms with Crippen molar-refractivity contribution in [2.24, 2.45) is 0 Å². The average Bonchev–Trinajstić information content (AvgIpc) is 3.63. The van der Waals surface area contributed by atoms with E-state index in [2.05, 4.69) is 13.9 Å². The van der Waals surface area contributed by atoms with Gasteiger partial charge in [-0.25, -0.2) is 9.97 Å². The first-order valence-corrected chi connectivity index (χ1v) is 17.7. The molecule has 3 aromatic carbocycles. The molecule has 2 heterocycles. The summed E-state index contributed by atoms with van der Waals surface area (Å²) in [7, 11) is 4.06. The van der Waals surface area contributed by atoms with Crippen LogP contribution in [-0.4, -0.2) is 90.6 Å². The number of aromatic nitrogens is 2. The van der Waals surface area contributed by atoms with E-state index in [1.54, 1.807) is 72.5 Å².